The summed E-state index contributed by atoms with van der Waals surface area (Å²) in [6.07, 6.45) is 6.61. The number of pyridine rings is 1. The molecule has 0 spiro atoms. The molecule has 0 radical (unpaired) electrons. The van der Waals surface area contributed by atoms with E-state index in [1.807, 2.05) is 6.20 Å². The molecule has 0 saturated heterocycles. The van der Waals surface area contributed by atoms with Crippen LogP contribution >= 0.6 is 15.9 Å². The van der Waals surface area contributed by atoms with Crippen molar-refractivity contribution in [2.45, 2.75) is 38.1 Å². The number of nitrogens with two attached hydrogens (primary N) is 1. The fraction of sp³-hybridized carbons (Fsp3) is 0.471. The number of nitrogens with zero attached hydrogens (tertiary/aromatic N) is 1. The molecule has 21 heavy (non-hydrogen) atoms. The normalized spacial score (nSPS) is 26.0. The lowest BCUT2D eigenvalue weighted by molar-refractivity contribution is 0.272. The quantitative estimate of drug-likeness (QED) is 0.869. The van der Waals surface area contributed by atoms with Gasteiger partial charge in [0, 0.05) is 28.1 Å². The predicted molar refractivity (Wildman–Crippen MR) is 92.5 cm³/mol. The lowest BCUT2D eigenvalue weighted by Crippen LogP contribution is -2.48. The zero-order valence-corrected chi connectivity index (χ0v) is 14.0. The van der Waals surface area contributed by atoms with Gasteiger partial charge in [-0.05, 0) is 59.7 Å². The minimum atomic E-state index is 0.0234. The van der Waals surface area contributed by atoms with Crippen LogP contribution in [0.4, 0.5) is 5.69 Å². The number of fused-ring (bicyclic) bond motifs is 1. The minimum Gasteiger partial charge on any atom is -0.377 e. The zero-order valence-electron chi connectivity index (χ0n) is 12.4. The number of halogens is 1. The smallest absolute Gasteiger partial charge is 0.0934 e. The molecule has 1 heterocycles. The minimum absolute atomic E-state index is 0.0234. The van der Waals surface area contributed by atoms with Crippen molar-refractivity contribution in [2.75, 3.05) is 11.9 Å². The summed E-state index contributed by atoms with van der Waals surface area (Å²) in [7, 11) is 0. The van der Waals surface area contributed by atoms with Crippen molar-refractivity contribution >= 4 is 32.5 Å². The summed E-state index contributed by atoms with van der Waals surface area (Å²) < 4.78 is 1.01. The van der Waals surface area contributed by atoms with E-state index in [-0.39, 0.29) is 5.54 Å². The summed E-state index contributed by atoms with van der Waals surface area (Å²) in [5, 5.41) is 4.87. The second-order valence-electron chi connectivity index (χ2n) is 6.32. The van der Waals surface area contributed by atoms with Gasteiger partial charge in [-0.1, -0.05) is 19.1 Å². The highest BCUT2D eigenvalue weighted by Crippen LogP contribution is 2.35. The van der Waals surface area contributed by atoms with Crippen molar-refractivity contribution in [3.8, 4) is 0 Å². The fourth-order valence-corrected chi connectivity index (χ4v) is 3.56. The molecule has 1 aliphatic rings. The molecule has 1 aromatic carbocycles. The second-order valence-corrected chi connectivity index (χ2v) is 7.24. The van der Waals surface area contributed by atoms with Crippen LogP contribution < -0.4 is 11.1 Å². The molecule has 0 bridgehead atoms. The predicted octanol–water partition coefficient (Wildman–Crippen LogP) is 4.32. The summed E-state index contributed by atoms with van der Waals surface area (Å²) in [5.41, 5.74) is 8.25. The molecule has 2 aromatic rings. The third-order valence-corrected chi connectivity index (χ3v) is 5.13. The van der Waals surface area contributed by atoms with Gasteiger partial charge in [-0.2, -0.15) is 0 Å². The van der Waals surface area contributed by atoms with Gasteiger partial charge < -0.3 is 11.1 Å². The van der Waals surface area contributed by atoms with Gasteiger partial charge in [0.05, 0.1) is 11.2 Å². The maximum Gasteiger partial charge on any atom is 0.0934 e. The van der Waals surface area contributed by atoms with Crippen molar-refractivity contribution in [1.29, 1.82) is 0 Å². The maximum absolute atomic E-state index is 6.11. The molecule has 1 aromatic heterocycles. The first kappa shape index (κ1) is 14.8. The van der Waals surface area contributed by atoms with Crippen molar-refractivity contribution in [2.24, 2.45) is 11.7 Å². The molecule has 0 aliphatic heterocycles. The van der Waals surface area contributed by atoms with Crippen LogP contribution in [-0.2, 0) is 0 Å². The van der Waals surface area contributed by atoms with Crippen LogP contribution in [0.15, 0.2) is 34.9 Å². The summed E-state index contributed by atoms with van der Waals surface area (Å²) in [6.45, 7) is 3.00. The number of para-hydroxylation sites is 1. The Morgan fingerprint density at radius 1 is 1.38 bits per heavy atom. The Bertz CT molecular complexity index is 633. The van der Waals surface area contributed by atoms with Crippen LogP contribution in [0, 0.1) is 5.92 Å². The summed E-state index contributed by atoms with van der Waals surface area (Å²) in [6, 6.07) is 8.38. The van der Waals surface area contributed by atoms with Crippen molar-refractivity contribution in [3.05, 3.63) is 34.9 Å². The molecule has 0 unspecified atom stereocenters. The molecule has 1 fully saturated rings. The Kier molecular flexibility index (Phi) is 4.18. The number of rotatable bonds is 3. The Labute approximate surface area is 134 Å². The van der Waals surface area contributed by atoms with Gasteiger partial charge in [-0.25, -0.2) is 0 Å². The van der Waals surface area contributed by atoms with Crippen LogP contribution in [-0.4, -0.2) is 17.1 Å². The molecule has 3 N–H and O–H groups in total. The Balaban J connectivity index is 1.93. The average Bonchev–Trinajstić information content (AvgIpc) is 2.50. The molecule has 1 aliphatic carbocycles. The van der Waals surface area contributed by atoms with Crippen LogP contribution in [0.5, 0.6) is 0 Å². The Hall–Kier alpha value is -1.13. The number of benzene rings is 1. The first-order chi connectivity index (χ1) is 10.1. The molecule has 112 valence electrons. The lowest BCUT2D eigenvalue weighted by atomic mass is 9.77. The monoisotopic (exact) mass is 347 g/mol. The molecular formula is C17H22BrN3. The Morgan fingerprint density at radius 3 is 2.86 bits per heavy atom. The van der Waals surface area contributed by atoms with E-state index < -0.39 is 0 Å². The van der Waals surface area contributed by atoms with E-state index in [0.29, 0.717) is 6.54 Å². The summed E-state index contributed by atoms with van der Waals surface area (Å²) >= 11 is 3.48. The first-order valence-corrected chi connectivity index (χ1v) is 8.44. The van der Waals surface area contributed by atoms with Crippen molar-refractivity contribution in [3.63, 3.8) is 0 Å². The van der Waals surface area contributed by atoms with Gasteiger partial charge in [-0.3, -0.25) is 4.98 Å². The van der Waals surface area contributed by atoms with Gasteiger partial charge in [-0.15, -0.1) is 0 Å². The van der Waals surface area contributed by atoms with E-state index in [2.05, 4.69) is 57.4 Å². The maximum atomic E-state index is 6.11. The van der Waals surface area contributed by atoms with E-state index in [0.717, 1.165) is 39.8 Å². The van der Waals surface area contributed by atoms with Gasteiger partial charge in [0.2, 0.25) is 0 Å². The topological polar surface area (TPSA) is 50.9 Å². The summed E-state index contributed by atoms with van der Waals surface area (Å²) in [4.78, 5) is 4.58. The average molecular weight is 348 g/mol. The van der Waals surface area contributed by atoms with E-state index in [1.54, 1.807) is 0 Å². The van der Waals surface area contributed by atoms with Crippen LogP contribution in [0.2, 0.25) is 0 Å². The van der Waals surface area contributed by atoms with E-state index in [4.69, 9.17) is 5.73 Å². The largest absolute Gasteiger partial charge is 0.377 e. The Morgan fingerprint density at radius 2 is 2.14 bits per heavy atom. The van der Waals surface area contributed by atoms with E-state index in [1.165, 1.54) is 12.8 Å². The molecule has 0 atom stereocenters. The molecule has 3 nitrogen and oxygen atoms in total. The van der Waals surface area contributed by atoms with Crippen LogP contribution in [0.1, 0.15) is 32.6 Å². The SMILES string of the molecule is CC1CCC(CN)(Nc2cccc3cc(Br)cnc23)CC1. The molecular weight excluding hydrogens is 326 g/mol. The highest BCUT2D eigenvalue weighted by Gasteiger charge is 2.33. The third-order valence-electron chi connectivity index (χ3n) is 4.70. The van der Waals surface area contributed by atoms with E-state index >= 15 is 0 Å². The number of hydrogen-bond donors (Lipinski definition) is 2. The first-order valence-electron chi connectivity index (χ1n) is 7.64. The molecule has 1 saturated carbocycles. The second kappa shape index (κ2) is 5.93. The number of hydrogen-bond acceptors (Lipinski definition) is 3. The molecule has 0 amide bonds. The zero-order chi connectivity index (χ0) is 14.9. The molecule has 3 rings (SSSR count). The van der Waals surface area contributed by atoms with Gasteiger partial charge in [0.25, 0.3) is 0 Å². The number of anilines is 1. The van der Waals surface area contributed by atoms with Gasteiger partial charge in [0.15, 0.2) is 0 Å². The van der Waals surface area contributed by atoms with Gasteiger partial charge in [0.1, 0.15) is 0 Å². The highest BCUT2D eigenvalue weighted by atomic mass is 79.9. The highest BCUT2D eigenvalue weighted by molar-refractivity contribution is 9.10. The van der Waals surface area contributed by atoms with Crippen molar-refractivity contribution in [1.82, 2.24) is 4.98 Å². The van der Waals surface area contributed by atoms with E-state index in [9.17, 15) is 0 Å². The lowest BCUT2D eigenvalue weighted by Gasteiger charge is -2.40. The summed E-state index contributed by atoms with van der Waals surface area (Å²) in [5.74, 6) is 0.813. The third kappa shape index (κ3) is 3.06. The van der Waals surface area contributed by atoms with Crippen molar-refractivity contribution < 1.29 is 0 Å². The van der Waals surface area contributed by atoms with Crippen LogP contribution in [0.3, 0.4) is 0 Å². The fourth-order valence-electron chi connectivity index (χ4n) is 3.22. The van der Waals surface area contributed by atoms with Gasteiger partial charge >= 0.3 is 0 Å². The number of nitrogens with one attached hydrogen (secondary N) is 1. The standard InChI is InChI=1S/C17H22BrN3/c1-12-5-7-17(11-19,8-6-12)21-15-4-2-3-13-9-14(18)10-20-16(13)15/h2-4,9-10,12,21H,5-8,11,19H2,1H3. The molecule has 4 heteroatoms. The van der Waals surface area contributed by atoms with Crippen LogP contribution in [0.25, 0.3) is 10.9 Å². The number of aromatic nitrogens is 1.